The van der Waals surface area contributed by atoms with E-state index in [1.807, 2.05) is 19.1 Å². The van der Waals surface area contributed by atoms with Crippen molar-refractivity contribution in [3.63, 3.8) is 0 Å². The number of nitrogens with zero attached hydrogens (tertiary/aromatic N) is 1. The van der Waals surface area contributed by atoms with Crippen molar-refractivity contribution in [2.45, 2.75) is 25.8 Å². The second-order valence-corrected chi connectivity index (χ2v) is 5.58. The maximum absolute atomic E-state index is 12.6. The summed E-state index contributed by atoms with van der Waals surface area (Å²) in [4.78, 5) is 14.3. The molecule has 1 amide bonds. The number of hydrogen-bond acceptors (Lipinski definition) is 3. The van der Waals surface area contributed by atoms with Crippen LogP contribution in [0.5, 0.6) is 0 Å². The van der Waals surface area contributed by atoms with Gasteiger partial charge in [0.05, 0.1) is 17.2 Å². The first-order chi connectivity index (χ1) is 9.63. The Bertz CT molecular complexity index is 473. The van der Waals surface area contributed by atoms with E-state index in [2.05, 4.69) is 5.32 Å². The second kappa shape index (κ2) is 7.07. The molecule has 110 valence electrons. The van der Waals surface area contributed by atoms with Crippen LogP contribution in [0.15, 0.2) is 18.2 Å². The van der Waals surface area contributed by atoms with Gasteiger partial charge in [0.2, 0.25) is 0 Å². The van der Waals surface area contributed by atoms with Crippen LogP contribution in [0.25, 0.3) is 0 Å². The van der Waals surface area contributed by atoms with Crippen molar-refractivity contribution >= 4 is 17.5 Å². The number of carbonyl (C=O) groups excluding carboxylic acids is 1. The highest BCUT2D eigenvalue weighted by Gasteiger charge is 2.23. The smallest absolute Gasteiger partial charge is 0.255 e. The van der Waals surface area contributed by atoms with Gasteiger partial charge in [-0.3, -0.25) is 4.79 Å². The molecule has 1 aliphatic rings. The molecule has 1 aromatic rings. The van der Waals surface area contributed by atoms with Crippen LogP contribution in [0.3, 0.4) is 0 Å². The van der Waals surface area contributed by atoms with Crippen LogP contribution < -0.4 is 5.32 Å². The Morgan fingerprint density at radius 1 is 1.55 bits per heavy atom. The molecular formula is C15H21ClN2O2. The zero-order chi connectivity index (χ0) is 14.5. The van der Waals surface area contributed by atoms with Crippen LogP contribution in [-0.4, -0.2) is 48.2 Å². The normalized spacial score (nSPS) is 18.2. The van der Waals surface area contributed by atoms with E-state index in [0.29, 0.717) is 29.7 Å². The summed E-state index contributed by atoms with van der Waals surface area (Å²) in [5.74, 6) is -0.110. The van der Waals surface area contributed by atoms with Gasteiger partial charge in [-0.15, -0.1) is 0 Å². The Hall–Kier alpha value is -1.10. The van der Waals surface area contributed by atoms with E-state index >= 15 is 0 Å². The zero-order valence-corrected chi connectivity index (χ0v) is 12.5. The lowest BCUT2D eigenvalue weighted by molar-refractivity contribution is 0.0706. The monoisotopic (exact) mass is 296 g/mol. The number of aliphatic hydroxyl groups is 1. The van der Waals surface area contributed by atoms with Gasteiger partial charge in [-0.05, 0) is 37.9 Å². The maximum Gasteiger partial charge on any atom is 0.255 e. The van der Waals surface area contributed by atoms with E-state index in [1.165, 1.54) is 0 Å². The molecule has 0 aromatic heterocycles. The lowest BCUT2D eigenvalue weighted by atomic mass is 10.1. The van der Waals surface area contributed by atoms with Crippen molar-refractivity contribution in [3.05, 3.63) is 34.3 Å². The SMILES string of the molecule is Cc1cccc(C(=O)N(CCO)CC2CCCN2)c1Cl. The first kappa shape index (κ1) is 15.3. The van der Waals surface area contributed by atoms with Crippen LogP contribution in [0.1, 0.15) is 28.8 Å². The van der Waals surface area contributed by atoms with Gasteiger partial charge in [0, 0.05) is 19.1 Å². The van der Waals surface area contributed by atoms with E-state index in [1.54, 1.807) is 11.0 Å². The third-order valence-corrected chi connectivity index (χ3v) is 4.18. The van der Waals surface area contributed by atoms with Gasteiger partial charge < -0.3 is 15.3 Å². The molecular weight excluding hydrogens is 276 g/mol. The molecule has 1 atom stereocenters. The molecule has 2 N–H and O–H groups in total. The number of carbonyl (C=O) groups is 1. The zero-order valence-electron chi connectivity index (χ0n) is 11.7. The molecule has 1 heterocycles. The number of nitrogens with one attached hydrogen (secondary N) is 1. The van der Waals surface area contributed by atoms with Gasteiger partial charge in [-0.2, -0.15) is 0 Å². The number of hydrogen-bond donors (Lipinski definition) is 2. The first-order valence-corrected chi connectivity index (χ1v) is 7.40. The molecule has 0 radical (unpaired) electrons. The minimum absolute atomic E-state index is 0.0398. The fourth-order valence-corrected chi connectivity index (χ4v) is 2.76. The summed E-state index contributed by atoms with van der Waals surface area (Å²) in [6.45, 7) is 3.79. The number of amides is 1. The minimum atomic E-state index is -0.110. The van der Waals surface area contributed by atoms with Gasteiger partial charge in [-0.1, -0.05) is 23.7 Å². The van der Waals surface area contributed by atoms with Gasteiger partial charge in [-0.25, -0.2) is 0 Å². The van der Waals surface area contributed by atoms with Gasteiger partial charge in [0.25, 0.3) is 5.91 Å². The minimum Gasteiger partial charge on any atom is -0.395 e. The molecule has 2 rings (SSSR count). The molecule has 0 bridgehead atoms. The Balaban J connectivity index is 2.14. The highest BCUT2D eigenvalue weighted by Crippen LogP contribution is 2.22. The summed E-state index contributed by atoms with van der Waals surface area (Å²) >= 11 is 6.22. The number of aliphatic hydroxyl groups excluding tert-OH is 1. The van der Waals surface area contributed by atoms with Crippen LogP contribution >= 0.6 is 11.6 Å². The average molecular weight is 297 g/mol. The summed E-state index contributed by atoms with van der Waals surface area (Å²) < 4.78 is 0. The Kier molecular flexibility index (Phi) is 5.40. The summed E-state index contributed by atoms with van der Waals surface area (Å²) in [6, 6.07) is 5.77. The third kappa shape index (κ3) is 3.51. The third-order valence-electron chi connectivity index (χ3n) is 3.68. The van der Waals surface area contributed by atoms with Crippen LogP contribution in [-0.2, 0) is 0 Å². The van der Waals surface area contributed by atoms with Crippen LogP contribution in [0.2, 0.25) is 5.02 Å². The second-order valence-electron chi connectivity index (χ2n) is 5.20. The molecule has 5 heteroatoms. The van der Waals surface area contributed by atoms with E-state index in [0.717, 1.165) is 24.9 Å². The number of aryl methyl sites for hydroxylation is 1. The number of benzene rings is 1. The highest BCUT2D eigenvalue weighted by atomic mass is 35.5. The van der Waals surface area contributed by atoms with Crippen molar-refractivity contribution in [2.24, 2.45) is 0 Å². The Morgan fingerprint density at radius 2 is 2.35 bits per heavy atom. The molecule has 20 heavy (non-hydrogen) atoms. The number of halogens is 1. The van der Waals surface area contributed by atoms with Gasteiger partial charge in [0.15, 0.2) is 0 Å². The molecule has 0 spiro atoms. The van der Waals surface area contributed by atoms with E-state index < -0.39 is 0 Å². The van der Waals surface area contributed by atoms with E-state index in [-0.39, 0.29) is 12.5 Å². The summed E-state index contributed by atoms with van der Waals surface area (Å²) in [7, 11) is 0. The predicted octanol–water partition coefficient (Wildman–Crippen LogP) is 1.83. The topological polar surface area (TPSA) is 52.6 Å². The fourth-order valence-electron chi connectivity index (χ4n) is 2.56. The van der Waals surface area contributed by atoms with Crippen molar-refractivity contribution < 1.29 is 9.90 Å². The molecule has 1 unspecified atom stereocenters. The molecule has 1 saturated heterocycles. The molecule has 1 aromatic carbocycles. The molecule has 1 aliphatic heterocycles. The van der Waals surface area contributed by atoms with Gasteiger partial charge in [0.1, 0.15) is 0 Å². The fraction of sp³-hybridized carbons (Fsp3) is 0.533. The van der Waals surface area contributed by atoms with Crippen molar-refractivity contribution in [2.75, 3.05) is 26.2 Å². The summed E-state index contributed by atoms with van der Waals surface area (Å²) in [5.41, 5.74) is 1.40. The maximum atomic E-state index is 12.6. The molecule has 0 aliphatic carbocycles. The van der Waals surface area contributed by atoms with Crippen LogP contribution in [0.4, 0.5) is 0 Å². The predicted molar refractivity (Wildman–Crippen MR) is 80.2 cm³/mol. The average Bonchev–Trinajstić information content (AvgIpc) is 2.94. The summed E-state index contributed by atoms with van der Waals surface area (Å²) in [5, 5.41) is 13.1. The van der Waals surface area contributed by atoms with Crippen molar-refractivity contribution in [1.29, 1.82) is 0 Å². The number of rotatable bonds is 5. The highest BCUT2D eigenvalue weighted by molar-refractivity contribution is 6.34. The molecule has 1 fully saturated rings. The van der Waals surface area contributed by atoms with Crippen molar-refractivity contribution in [1.82, 2.24) is 10.2 Å². The van der Waals surface area contributed by atoms with E-state index in [4.69, 9.17) is 11.6 Å². The van der Waals surface area contributed by atoms with Gasteiger partial charge >= 0.3 is 0 Å². The quantitative estimate of drug-likeness (QED) is 0.872. The molecule has 0 saturated carbocycles. The first-order valence-electron chi connectivity index (χ1n) is 7.02. The Morgan fingerprint density at radius 3 is 3.00 bits per heavy atom. The van der Waals surface area contributed by atoms with E-state index in [9.17, 15) is 9.90 Å². The standard InChI is InChI=1S/C15H21ClN2O2/c1-11-4-2-6-13(14(11)16)15(20)18(8-9-19)10-12-5-3-7-17-12/h2,4,6,12,17,19H,3,5,7-10H2,1H3. The van der Waals surface area contributed by atoms with Crippen molar-refractivity contribution in [3.8, 4) is 0 Å². The van der Waals surface area contributed by atoms with Crippen LogP contribution in [0, 0.1) is 6.92 Å². The lowest BCUT2D eigenvalue weighted by Gasteiger charge is -2.25. The largest absolute Gasteiger partial charge is 0.395 e. The summed E-state index contributed by atoms with van der Waals surface area (Å²) in [6.07, 6.45) is 2.20. The molecule has 4 nitrogen and oxygen atoms in total. The Labute approximate surface area is 124 Å². The lowest BCUT2D eigenvalue weighted by Crippen LogP contribution is -2.42.